The van der Waals surface area contributed by atoms with Crippen LogP contribution in [0.5, 0.6) is 0 Å². The van der Waals surface area contributed by atoms with Crippen molar-refractivity contribution in [3.05, 3.63) is 29.4 Å². The Labute approximate surface area is 98.8 Å². The van der Waals surface area contributed by atoms with Crippen molar-refractivity contribution in [2.75, 3.05) is 6.54 Å². The van der Waals surface area contributed by atoms with Gasteiger partial charge in [-0.25, -0.2) is 0 Å². The summed E-state index contributed by atoms with van der Waals surface area (Å²) in [5.74, 6) is 0. The van der Waals surface area contributed by atoms with E-state index in [0.29, 0.717) is 0 Å². The standard InChI is InChI=1S/C11H14N4S/c1-2-6-12-8-10-14-15-11(16-10)9-5-3-4-7-13-9/h3-5,7,12H,2,6,8H2,1H3. The van der Waals surface area contributed by atoms with Crippen molar-refractivity contribution in [3.8, 4) is 10.7 Å². The van der Waals surface area contributed by atoms with Crippen LogP contribution in [0.4, 0.5) is 0 Å². The van der Waals surface area contributed by atoms with Crippen molar-refractivity contribution in [1.29, 1.82) is 0 Å². The van der Waals surface area contributed by atoms with Crippen LogP contribution in [0.15, 0.2) is 24.4 Å². The lowest BCUT2D eigenvalue weighted by molar-refractivity contribution is 0.668. The average Bonchev–Trinajstić information content (AvgIpc) is 2.79. The van der Waals surface area contributed by atoms with Gasteiger partial charge in [-0.2, -0.15) is 0 Å². The maximum Gasteiger partial charge on any atom is 0.166 e. The Hall–Kier alpha value is -1.33. The fraction of sp³-hybridized carbons (Fsp3) is 0.364. The normalized spacial score (nSPS) is 10.6. The summed E-state index contributed by atoms with van der Waals surface area (Å²) in [6.45, 7) is 3.95. The zero-order valence-electron chi connectivity index (χ0n) is 9.18. The topological polar surface area (TPSA) is 50.7 Å². The van der Waals surface area contributed by atoms with Gasteiger partial charge in [0.1, 0.15) is 10.7 Å². The molecule has 0 saturated heterocycles. The number of pyridine rings is 1. The van der Waals surface area contributed by atoms with Crippen molar-refractivity contribution in [1.82, 2.24) is 20.5 Å². The van der Waals surface area contributed by atoms with E-state index in [2.05, 4.69) is 27.4 Å². The molecule has 0 radical (unpaired) electrons. The maximum atomic E-state index is 4.25. The summed E-state index contributed by atoms with van der Waals surface area (Å²) in [6.07, 6.45) is 2.90. The summed E-state index contributed by atoms with van der Waals surface area (Å²) < 4.78 is 0. The Bertz CT molecular complexity index is 427. The lowest BCUT2D eigenvalue weighted by Crippen LogP contribution is -2.13. The maximum absolute atomic E-state index is 4.25. The first-order valence-electron chi connectivity index (χ1n) is 5.34. The molecule has 0 amide bonds. The first-order valence-corrected chi connectivity index (χ1v) is 6.16. The summed E-state index contributed by atoms with van der Waals surface area (Å²) in [6, 6.07) is 5.80. The molecule has 5 heteroatoms. The van der Waals surface area contributed by atoms with Gasteiger partial charge in [0.2, 0.25) is 0 Å². The van der Waals surface area contributed by atoms with Crippen molar-refractivity contribution in [3.63, 3.8) is 0 Å². The van der Waals surface area contributed by atoms with Gasteiger partial charge in [0.05, 0.1) is 0 Å². The van der Waals surface area contributed by atoms with Crippen LogP contribution in [0.2, 0.25) is 0 Å². The molecular formula is C11H14N4S. The van der Waals surface area contributed by atoms with E-state index < -0.39 is 0 Å². The molecule has 2 rings (SSSR count). The highest BCUT2D eigenvalue weighted by molar-refractivity contribution is 7.14. The summed E-state index contributed by atoms with van der Waals surface area (Å²) in [5.41, 5.74) is 0.891. The second kappa shape index (κ2) is 5.67. The van der Waals surface area contributed by atoms with Crippen LogP contribution in [0.1, 0.15) is 18.4 Å². The van der Waals surface area contributed by atoms with E-state index in [0.717, 1.165) is 35.2 Å². The summed E-state index contributed by atoms with van der Waals surface area (Å²) in [4.78, 5) is 4.25. The molecule has 1 N–H and O–H groups in total. The molecule has 0 saturated carbocycles. The lowest BCUT2D eigenvalue weighted by Gasteiger charge is -1.96. The van der Waals surface area contributed by atoms with Crippen LogP contribution in [-0.4, -0.2) is 21.7 Å². The summed E-state index contributed by atoms with van der Waals surface area (Å²) in [5, 5.41) is 13.5. The minimum absolute atomic E-state index is 0.790. The number of hydrogen-bond acceptors (Lipinski definition) is 5. The van der Waals surface area contributed by atoms with Crippen molar-refractivity contribution < 1.29 is 0 Å². The van der Waals surface area contributed by atoms with E-state index in [9.17, 15) is 0 Å². The number of hydrogen-bond donors (Lipinski definition) is 1. The molecule has 0 aliphatic heterocycles. The molecule has 0 bridgehead atoms. The minimum Gasteiger partial charge on any atom is -0.310 e. The number of nitrogens with zero attached hydrogens (tertiary/aromatic N) is 3. The highest BCUT2D eigenvalue weighted by atomic mass is 32.1. The molecule has 0 aromatic carbocycles. The van der Waals surface area contributed by atoms with Crippen LogP contribution in [0.3, 0.4) is 0 Å². The van der Waals surface area contributed by atoms with Crippen LogP contribution in [-0.2, 0) is 6.54 Å². The van der Waals surface area contributed by atoms with E-state index in [1.807, 2.05) is 18.2 Å². The molecule has 0 fully saturated rings. The van der Waals surface area contributed by atoms with Gasteiger partial charge in [0.25, 0.3) is 0 Å². The van der Waals surface area contributed by atoms with Crippen LogP contribution in [0.25, 0.3) is 10.7 Å². The Morgan fingerprint density at radius 1 is 1.31 bits per heavy atom. The van der Waals surface area contributed by atoms with Crippen molar-refractivity contribution in [2.24, 2.45) is 0 Å². The van der Waals surface area contributed by atoms with Gasteiger partial charge in [-0.3, -0.25) is 4.98 Å². The molecule has 4 nitrogen and oxygen atoms in total. The summed E-state index contributed by atoms with van der Waals surface area (Å²) in [7, 11) is 0. The highest BCUT2D eigenvalue weighted by Crippen LogP contribution is 2.20. The fourth-order valence-electron chi connectivity index (χ4n) is 1.29. The number of nitrogens with one attached hydrogen (secondary N) is 1. The molecule has 16 heavy (non-hydrogen) atoms. The Morgan fingerprint density at radius 2 is 2.25 bits per heavy atom. The molecule has 2 heterocycles. The zero-order chi connectivity index (χ0) is 11.2. The average molecular weight is 234 g/mol. The summed E-state index contributed by atoms with van der Waals surface area (Å²) >= 11 is 1.59. The third-order valence-corrected chi connectivity index (χ3v) is 3.00. The molecule has 0 aliphatic carbocycles. The van der Waals surface area contributed by atoms with E-state index in [1.54, 1.807) is 17.5 Å². The molecular weight excluding hydrogens is 220 g/mol. The van der Waals surface area contributed by atoms with E-state index >= 15 is 0 Å². The molecule has 2 aromatic rings. The van der Waals surface area contributed by atoms with E-state index in [1.165, 1.54) is 0 Å². The first-order chi connectivity index (χ1) is 7.90. The number of rotatable bonds is 5. The predicted octanol–water partition coefficient (Wildman–Crippen LogP) is 2.10. The van der Waals surface area contributed by atoms with Gasteiger partial charge < -0.3 is 5.32 Å². The Morgan fingerprint density at radius 3 is 3.00 bits per heavy atom. The molecule has 0 spiro atoms. The quantitative estimate of drug-likeness (QED) is 0.805. The van der Waals surface area contributed by atoms with Crippen LogP contribution in [0, 0.1) is 0 Å². The lowest BCUT2D eigenvalue weighted by atomic mass is 10.4. The van der Waals surface area contributed by atoms with Gasteiger partial charge in [-0.1, -0.05) is 24.3 Å². The molecule has 2 aromatic heterocycles. The van der Waals surface area contributed by atoms with Crippen LogP contribution >= 0.6 is 11.3 Å². The molecule has 0 unspecified atom stereocenters. The SMILES string of the molecule is CCCNCc1nnc(-c2ccccn2)s1. The molecule has 0 aliphatic rings. The van der Waals surface area contributed by atoms with Crippen LogP contribution < -0.4 is 5.32 Å². The Kier molecular flexibility index (Phi) is 3.96. The second-order valence-electron chi connectivity index (χ2n) is 3.39. The number of aromatic nitrogens is 3. The first kappa shape index (κ1) is 11.2. The van der Waals surface area contributed by atoms with Gasteiger partial charge >= 0.3 is 0 Å². The monoisotopic (exact) mass is 234 g/mol. The predicted molar refractivity (Wildman–Crippen MR) is 65.1 cm³/mol. The fourth-order valence-corrected chi connectivity index (χ4v) is 2.08. The van der Waals surface area contributed by atoms with Crippen molar-refractivity contribution >= 4 is 11.3 Å². The third kappa shape index (κ3) is 2.84. The van der Waals surface area contributed by atoms with Gasteiger partial charge in [-0.15, -0.1) is 10.2 Å². The minimum atomic E-state index is 0.790. The van der Waals surface area contributed by atoms with Gasteiger partial charge in [-0.05, 0) is 25.1 Å². The second-order valence-corrected chi connectivity index (χ2v) is 4.45. The van der Waals surface area contributed by atoms with Gasteiger partial charge in [0, 0.05) is 12.7 Å². The largest absolute Gasteiger partial charge is 0.310 e. The van der Waals surface area contributed by atoms with E-state index in [4.69, 9.17) is 0 Å². The smallest absolute Gasteiger partial charge is 0.166 e. The molecule has 84 valence electrons. The Balaban J connectivity index is 2.02. The highest BCUT2D eigenvalue weighted by Gasteiger charge is 2.06. The third-order valence-electron chi connectivity index (χ3n) is 2.05. The van der Waals surface area contributed by atoms with Crippen molar-refractivity contribution in [2.45, 2.75) is 19.9 Å². The zero-order valence-corrected chi connectivity index (χ0v) is 10.00. The molecule has 0 atom stereocenters. The van der Waals surface area contributed by atoms with Gasteiger partial charge in [0.15, 0.2) is 5.01 Å². The van der Waals surface area contributed by atoms with E-state index in [-0.39, 0.29) is 0 Å².